The molecular formula is C12H19BF2O3Si. The van der Waals surface area contributed by atoms with Crippen LogP contribution in [0.15, 0.2) is 12.1 Å². The molecule has 0 saturated heterocycles. The predicted octanol–water partition coefficient (Wildman–Crippen LogP) is 1.88. The maximum atomic E-state index is 13.9. The van der Waals surface area contributed by atoms with Gasteiger partial charge in [0.2, 0.25) is 9.04 Å². The zero-order valence-electron chi connectivity index (χ0n) is 11.8. The van der Waals surface area contributed by atoms with Crippen LogP contribution in [-0.2, 0) is 14.8 Å². The van der Waals surface area contributed by atoms with Crippen LogP contribution in [0.3, 0.4) is 0 Å². The Hall–Kier alpha value is -0.758. The second-order valence-corrected chi connectivity index (χ2v) is 7.96. The van der Waals surface area contributed by atoms with Crippen LogP contribution in [0, 0.1) is 11.6 Å². The van der Waals surface area contributed by atoms with Crippen LogP contribution >= 0.6 is 0 Å². The summed E-state index contributed by atoms with van der Waals surface area (Å²) in [5, 5.41) is 9.64. The molecule has 7 heteroatoms. The monoisotopic (exact) mass is 288 g/mol. The molecule has 106 valence electrons. The number of rotatable bonds is 4. The van der Waals surface area contributed by atoms with E-state index in [1.807, 2.05) is 13.1 Å². The topological polar surface area (TPSA) is 38.7 Å². The van der Waals surface area contributed by atoms with Gasteiger partial charge < -0.3 is 9.60 Å². The molecule has 0 radical (unpaired) electrons. The Balaban J connectivity index is 3.03. The van der Waals surface area contributed by atoms with E-state index < -0.39 is 33.2 Å². The van der Waals surface area contributed by atoms with Crippen molar-refractivity contribution in [2.45, 2.75) is 39.3 Å². The summed E-state index contributed by atoms with van der Waals surface area (Å²) < 4.78 is 32.7. The first-order valence-corrected chi connectivity index (χ1v) is 8.91. The number of hydrogen-bond acceptors (Lipinski definition) is 3. The zero-order chi connectivity index (χ0) is 14.8. The zero-order valence-corrected chi connectivity index (χ0v) is 13.0. The van der Waals surface area contributed by atoms with Crippen molar-refractivity contribution in [3.05, 3.63) is 29.3 Å². The van der Waals surface area contributed by atoms with Gasteiger partial charge in [-0.05, 0) is 24.1 Å². The van der Waals surface area contributed by atoms with Crippen LogP contribution in [-0.4, -0.2) is 21.2 Å². The van der Waals surface area contributed by atoms with Crippen molar-refractivity contribution in [2.24, 2.45) is 0 Å². The molecule has 0 atom stereocenters. The van der Waals surface area contributed by atoms with Crippen LogP contribution in [0.5, 0.6) is 0 Å². The normalized spacial score (nSPS) is 12.1. The quantitative estimate of drug-likeness (QED) is 0.522. The van der Waals surface area contributed by atoms with Gasteiger partial charge in [-0.2, -0.15) is 0 Å². The minimum Gasteiger partial charge on any atom is -0.422 e. The van der Waals surface area contributed by atoms with Gasteiger partial charge in [0.25, 0.3) is 0 Å². The van der Waals surface area contributed by atoms with Crippen molar-refractivity contribution in [3.63, 3.8) is 0 Å². The van der Waals surface area contributed by atoms with Gasteiger partial charge in [-0.1, -0.05) is 32.9 Å². The summed E-state index contributed by atoms with van der Waals surface area (Å²) in [4.78, 5) is 4.66. The highest BCUT2D eigenvalue weighted by molar-refractivity contribution is 6.60. The molecule has 1 N–H and O–H groups in total. The Labute approximate surface area is 114 Å². The van der Waals surface area contributed by atoms with Gasteiger partial charge in [0.1, 0.15) is 0 Å². The second kappa shape index (κ2) is 6.13. The molecule has 0 saturated carbocycles. The molecule has 0 aromatic heterocycles. The largest absolute Gasteiger partial charge is 0.524 e. The van der Waals surface area contributed by atoms with Crippen LogP contribution in [0.25, 0.3) is 0 Å². The Kier molecular flexibility index (Phi) is 5.26. The summed E-state index contributed by atoms with van der Waals surface area (Å²) >= 11 is 0. The highest BCUT2D eigenvalue weighted by atomic mass is 28.3. The molecule has 1 aromatic rings. The van der Waals surface area contributed by atoms with Crippen LogP contribution < -0.4 is 5.46 Å². The minimum atomic E-state index is -1.63. The lowest BCUT2D eigenvalue weighted by Gasteiger charge is -2.21. The molecule has 1 rings (SSSR count). The van der Waals surface area contributed by atoms with Crippen molar-refractivity contribution in [1.29, 1.82) is 0 Å². The average molecular weight is 288 g/mol. The van der Waals surface area contributed by atoms with Crippen molar-refractivity contribution < 1.29 is 23.2 Å². The van der Waals surface area contributed by atoms with Crippen LogP contribution in [0.2, 0.25) is 13.1 Å². The van der Waals surface area contributed by atoms with Crippen LogP contribution in [0.1, 0.15) is 26.3 Å². The summed E-state index contributed by atoms with van der Waals surface area (Å²) in [6, 6.07) is 2.77. The molecule has 0 aliphatic heterocycles. The van der Waals surface area contributed by atoms with E-state index in [-0.39, 0.29) is 11.0 Å². The van der Waals surface area contributed by atoms with E-state index >= 15 is 0 Å². The number of hydrogen-bond donors (Lipinski definition) is 1. The summed E-state index contributed by atoms with van der Waals surface area (Å²) in [6.45, 7) is 9.00. The van der Waals surface area contributed by atoms with Gasteiger partial charge in [0, 0.05) is 5.46 Å². The van der Waals surface area contributed by atoms with Crippen molar-refractivity contribution in [2.75, 3.05) is 0 Å². The van der Waals surface area contributed by atoms with Gasteiger partial charge in [-0.3, -0.25) is 4.81 Å². The van der Waals surface area contributed by atoms with E-state index in [1.165, 1.54) is 12.1 Å². The fraction of sp³-hybridized carbons (Fsp3) is 0.500. The molecule has 3 nitrogen and oxygen atoms in total. The third-order valence-electron chi connectivity index (χ3n) is 2.53. The molecule has 0 unspecified atom stereocenters. The van der Waals surface area contributed by atoms with Gasteiger partial charge in [0.15, 0.2) is 11.6 Å². The van der Waals surface area contributed by atoms with Gasteiger partial charge in [-0.25, -0.2) is 8.78 Å². The van der Waals surface area contributed by atoms with E-state index in [2.05, 4.69) is 4.81 Å². The smallest absolute Gasteiger partial charge is 0.422 e. The fourth-order valence-corrected chi connectivity index (χ4v) is 1.88. The molecule has 0 aliphatic carbocycles. The van der Waals surface area contributed by atoms with Gasteiger partial charge >= 0.3 is 7.12 Å². The number of benzene rings is 1. The first-order valence-electron chi connectivity index (χ1n) is 6.13. The van der Waals surface area contributed by atoms with E-state index in [4.69, 9.17) is 4.58 Å². The third-order valence-corrected chi connectivity index (χ3v) is 3.02. The predicted molar refractivity (Wildman–Crippen MR) is 73.7 cm³/mol. The Morgan fingerprint density at radius 1 is 1.16 bits per heavy atom. The Morgan fingerprint density at radius 3 is 2.21 bits per heavy atom. The van der Waals surface area contributed by atoms with Crippen molar-refractivity contribution in [3.8, 4) is 0 Å². The minimum absolute atomic E-state index is 0.250. The average Bonchev–Trinajstić information content (AvgIpc) is 2.27. The van der Waals surface area contributed by atoms with E-state index in [9.17, 15) is 13.8 Å². The SMILES string of the molecule is C[SiH](C)OOB(O)c1ccc(C(C)(C)C)c(F)c1F. The Morgan fingerprint density at radius 2 is 1.74 bits per heavy atom. The summed E-state index contributed by atoms with van der Waals surface area (Å²) in [5.41, 5.74) is -0.531. The van der Waals surface area contributed by atoms with Crippen molar-refractivity contribution in [1.82, 2.24) is 0 Å². The lowest BCUT2D eigenvalue weighted by Crippen LogP contribution is -2.38. The maximum Gasteiger partial charge on any atom is 0.524 e. The summed E-state index contributed by atoms with van der Waals surface area (Å²) in [6.07, 6.45) is 0. The third kappa shape index (κ3) is 4.10. The molecule has 0 fully saturated rings. The van der Waals surface area contributed by atoms with E-state index in [0.29, 0.717) is 0 Å². The molecule has 0 heterocycles. The van der Waals surface area contributed by atoms with E-state index in [0.717, 1.165) is 0 Å². The molecule has 0 bridgehead atoms. The van der Waals surface area contributed by atoms with Gasteiger partial charge in [0.05, 0.1) is 0 Å². The van der Waals surface area contributed by atoms with Crippen LogP contribution in [0.4, 0.5) is 8.78 Å². The second-order valence-electron chi connectivity index (χ2n) is 5.67. The summed E-state index contributed by atoms with van der Waals surface area (Å²) in [5.74, 6) is -2.07. The number of halogens is 2. The summed E-state index contributed by atoms with van der Waals surface area (Å²) in [7, 11) is -3.14. The Bertz CT molecular complexity index is 449. The van der Waals surface area contributed by atoms with E-state index in [1.54, 1.807) is 20.8 Å². The molecule has 0 aliphatic rings. The highest BCUT2D eigenvalue weighted by Gasteiger charge is 2.29. The van der Waals surface area contributed by atoms with Gasteiger partial charge in [-0.15, -0.1) is 0 Å². The fourth-order valence-electron chi connectivity index (χ4n) is 1.55. The first-order chi connectivity index (χ1) is 8.64. The lowest BCUT2D eigenvalue weighted by molar-refractivity contribution is -0.121. The first kappa shape index (κ1) is 16.3. The highest BCUT2D eigenvalue weighted by Crippen LogP contribution is 2.25. The molecule has 19 heavy (non-hydrogen) atoms. The molecule has 0 spiro atoms. The maximum absolute atomic E-state index is 13.9. The molecular weight excluding hydrogens is 269 g/mol. The lowest BCUT2D eigenvalue weighted by atomic mass is 9.77. The molecule has 0 amide bonds. The standard InChI is InChI=1S/C12H19BF2O3Si/c1-12(2,3)8-6-7-9(11(15)10(8)14)13(16)17-18-19(4)5/h6-7,16,19H,1-5H3. The molecule has 1 aromatic carbocycles. The van der Waals surface area contributed by atoms with Crippen molar-refractivity contribution >= 4 is 21.6 Å².